The highest BCUT2D eigenvalue weighted by Gasteiger charge is 2.15. The lowest BCUT2D eigenvalue weighted by Crippen LogP contribution is -2.05. The Balaban J connectivity index is 1.91. The van der Waals surface area contributed by atoms with Gasteiger partial charge in [-0.25, -0.2) is 0 Å². The minimum absolute atomic E-state index is 0.333. The van der Waals surface area contributed by atoms with E-state index >= 15 is 0 Å². The number of ether oxygens (including phenoxy) is 2. The average Bonchev–Trinajstić information content (AvgIpc) is 3.04. The highest BCUT2D eigenvalue weighted by molar-refractivity contribution is 9.10. The summed E-state index contributed by atoms with van der Waals surface area (Å²) in [6, 6.07) is 15.9. The van der Waals surface area contributed by atoms with Crippen LogP contribution in [0.1, 0.15) is 18.1 Å². The van der Waals surface area contributed by atoms with Crippen LogP contribution in [0.5, 0.6) is 11.5 Å². The maximum Gasteiger partial charge on any atom is 0.308 e. The fraction of sp³-hybridized carbons (Fsp3) is 0.136. The first-order chi connectivity index (χ1) is 13.0. The van der Waals surface area contributed by atoms with E-state index in [-0.39, 0.29) is 5.97 Å². The Kier molecular flexibility index (Phi) is 4.62. The Morgan fingerprint density at radius 2 is 1.89 bits per heavy atom. The van der Waals surface area contributed by atoms with Crippen molar-refractivity contribution in [3.8, 4) is 11.5 Å². The number of hydrogen-bond donors (Lipinski definition) is 1. The molecule has 0 aliphatic rings. The van der Waals surface area contributed by atoms with Crippen LogP contribution in [-0.4, -0.2) is 18.1 Å². The smallest absolute Gasteiger partial charge is 0.308 e. The Labute approximate surface area is 165 Å². The molecule has 1 N–H and O–H groups in total. The number of halogens is 1. The molecule has 4 rings (SSSR count). The molecule has 0 aliphatic heterocycles. The monoisotopic (exact) mass is 423 g/mol. The number of carbonyl (C=O) groups is 1. The van der Waals surface area contributed by atoms with Crippen LogP contribution in [0.2, 0.25) is 0 Å². The predicted octanol–water partition coefficient (Wildman–Crippen LogP) is 5.61. The van der Waals surface area contributed by atoms with E-state index < -0.39 is 0 Å². The van der Waals surface area contributed by atoms with Crippen molar-refractivity contribution in [1.82, 2.24) is 4.98 Å². The molecule has 136 valence electrons. The Morgan fingerprint density at radius 3 is 2.67 bits per heavy atom. The van der Waals surface area contributed by atoms with E-state index in [2.05, 4.69) is 27.0 Å². The number of hydrogen-bond acceptors (Lipinski definition) is 3. The average molecular weight is 424 g/mol. The van der Waals surface area contributed by atoms with E-state index in [1.54, 1.807) is 7.11 Å². The molecular weight excluding hydrogens is 406 g/mol. The molecule has 0 radical (unpaired) electrons. The van der Waals surface area contributed by atoms with Crippen molar-refractivity contribution >= 4 is 43.6 Å². The highest BCUT2D eigenvalue weighted by atomic mass is 79.9. The molecular formula is C22H18BrNO3. The third kappa shape index (κ3) is 3.43. The first kappa shape index (κ1) is 17.6. The number of fused-ring (bicyclic) bond motifs is 2. The normalized spacial score (nSPS) is 11.1. The van der Waals surface area contributed by atoms with Crippen molar-refractivity contribution in [1.29, 1.82) is 0 Å². The Morgan fingerprint density at radius 1 is 1.07 bits per heavy atom. The number of H-pyrrole nitrogens is 1. The van der Waals surface area contributed by atoms with Crippen LogP contribution < -0.4 is 9.47 Å². The van der Waals surface area contributed by atoms with Gasteiger partial charge in [0.2, 0.25) is 0 Å². The van der Waals surface area contributed by atoms with Gasteiger partial charge in [0.25, 0.3) is 0 Å². The largest absolute Gasteiger partial charge is 0.497 e. The quantitative estimate of drug-likeness (QED) is 0.342. The van der Waals surface area contributed by atoms with Gasteiger partial charge in [-0.1, -0.05) is 28.1 Å². The van der Waals surface area contributed by atoms with Crippen LogP contribution in [0.15, 0.2) is 59.2 Å². The Bertz CT molecular complexity index is 1160. The fourth-order valence-corrected chi connectivity index (χ4v) is 3.75. The number of aromatic amines is 1. The summed E-state index contributed by atoms with van der Waals surface area (Å²) in [5.74, 6) is 1.01. The number of esters is 1. The zero-order valence-corrected chi connectivity index (χ0v) is 16.6. The van der Waals surface area contributed by atoms with Crippen LogP contribution in [-0.2, 0) is 11.2 Å². The zero-order chi connectivity index (χ0) is 19.0. The van der Waals surface area contributed by atoms with Gasteiger partial charge in [-0.15, -0.1) is 0 Å². The molecule has 27 heavy (non-hydrogen) atoms. The lowest BCUT2D eigenvalue weighted by atomic mass is 9.97. The first-order valence-corrected chi connectivity index (χ1v) is 9.38. The fourth-order valence-electron chi connectivity index (χ4n) is 3.39. The molecule has 0 amide bonds. The van der Waals surface area contributed by atoms with E-state index in [1.807, 2.05) is 48.7 Å². The van der Waals surface area contributed by atoms with E-state index in [1.165, 1.54) is 6.92 Å². The SMILES string of the molecule is COc1ccc2ccc(OC(C)=O)c(Cc3c[nH]c4ccc(Br)cc34)c2c1. The van der Waals surface area contributed by atoms with E-state index in [0.29, 0.717) is 12.2 Å². The van der Waals surface area contributed by atoms with Crippen molar-refractivity contribution in [3.05, 3.63) is 70.3 Å². The van der Waals surface area contributed by atoms with Gasteiger partial charge in [-0.05, 0) is 52.7 Å². The van der Waals surface area contributed by atoms with Crippen LogP contribution in [0.4, 0.5) is 0 Å². The number of methoxy groups -OCH3 is 1. The number of benzene rings is 3. The maximum absolute atomic E-state index is 11.6. The van der Waals surface area contributed by atoms with Crippen molar-refractivity contribution < 1.29 is 14.3 Å². The van der Waals surface area contributed by atoms with E-state index in [4.69, 9.17) is 9.47 Å². The molecule has 0 spiro atoms. The zero-order valence-electron chi connectivity index (χ0n) is 15.0. The summed E-state index contributed by atoms with van der Waals surface area (Å²) in [6.45, 7) is 1.42. The molecule has 3 aromatic carbocycles. The third-order valence-electron chi connectivity index (χ3n) is 4.65. The van der Waals surface area contributed by atoms with Gasteiger partial charge < -0.3 is 14.5 Å². The molecule has 1 aromatic heterocycles. The summed E-state index contributed by atoms with van der Waals surface area (Å²) < 4.78 is 11.9. The molecule has 0 saturated heterocycles. The molecule has 0 fully saturated rings. The van der Waals surface area contributed by atoms with Gasteiger partial charge in [0, 0.05) is 40.5 Å². The Hall–Kier alpha value is -2.79. The standard InChI is InChI=1S/C22H18BrNO3/c1-13(25)27-22-8-4-14-3-6-17(26-2)11-18(14)20(22)9-15-12-24-21-7-5-16(23)10-19(15)21/h3-8,10-12,24H,9H2,1-2H3. The van der Waals surface area contributed by atoms with Crippen molar-refractivity contribution in [2.45, 2.75) is 13.3 Å². The second-order valence-corrected chi connectivity index (χ2v) is 7.32. The summed E-state index contributed by atoms with van der Waals surface area (Å²) in [7, 11) is 1.65. The minimum Gasteiger partial charge on any atom is -0.497 e. The number of rotatable bonds is 4. The maximum atomic E-state index is 11.6. The van der Waals surface area contributed by atoms with Crippen LogP contribution >= 0.6 is 15.9 Å². The molecule has 4 aromatic rings. The van der Waals surface area contributed by atoms with Gasteiger partial charge in [-0.3, -0.25) is 4.79 Å². The van der Waals surface area contributed by atoms with Crippen LogP contribution in [0.25, 0.3) is 21.7 Å². The molecule has 0 atom stereocenters. The van der Waals surface area contributed by atoms with Gasteiger partial charge >= 0.3 is 5.97 Å². The molecule has 0 unspecified atom stereocenters. The van der Waals surface area contributed by atoms with Gasteiger partial charge in [0.05, 0.1) is 7.11 Å². The van der Waals surface area contributed by atoms with Gasteiger partial charge in [0.15, 0.2) is 0 Å². The van der Waals surface area contributed by atoms with Crippen LogP contribution in [0, 0.1) is 0 Å². The molecule has 0 aliphatic carbocycles. The molecule has 4 nitrogen and oxygen atoms in total. The summed E-state index contributed by atoms with van der Waals surface area (Å²) in [5, 5.41) is 3.22. The lowest BCUT2D eigenvalue weighted by Gasteiger charge is -2.13. The van der Waals surface area contributed by atoms with E-state index in [9.17, 15) is 4.79 Å². The number of aromatic nitrogens is 1. The summed E-state index contributed by atoms with van der Waals surface area (Å²) in [4.78, 5) is 14.9. The molecule has 0 saturated carbocycles. The third-order valence-corrected chi connectivity index (χ3v) is 5.14. The minimum atomic E-state index is -0.333. The van der Waals surface area contributed by atoms with Crippen LogP contribution in [0.3, 0.4) is 0 Å². The molecule has 1 heterocycles. The number of nitrogens with one attached hydrogen (secondary N) is 1. The van der Waals surface area contributed by atoms with Gasteiger partial charge in [-0.2, -0.15) is 0 Å². The van der Waals surface area contributed by atoms with Crippen molar-refractivity contribution in [2.24, 2.45) is 0 Å². The second kappa shape index (κ2) is 7.08. The van der Waals surface area contributed by atoms with Gasteiger partial charge in [0.1, 0.15) is 11.5 Å². The highest BCUT2D eigenvalue weighted by Crippen LogP contribution is 2.34. The summed E-state index contributed by atoms with van der Waals surface area (Å²) >= 11 is 3.54. The molecule has 0 bridgehead atoms. The molecule has 5 heteroatoms. The van der Waals surface area contributed by atoms with E-state index in [0.717, 1.165) is 43.0 Å². The summed E-state index contributed by atoms with van der Waals surface area (Å²) in [5.41, 5.74) is 3.16. The van der Waals surface area contributed by atoms with Crippen molar-refractivity contribution in [3.63, 3.8) is 0 Å². The second-order valence-electron chi connectivity index (χ2n) is 6.40. The topological polar surface area (TPSA) is 51.3 Å². The lowest BCUT2D eigenvalue weighted by molar-refractivity contribution is -0.131. The van der Waals surface area contributed by atoms with Crippen molar-refractivity contribution in [2.75, 3.05) is 7.11 Å². The number of carbonyl (C=O) groups excluding carboxylic acids is 1. The first-order valence-electron chi connectivity index (χ1n) is 8.58. The summed E-state index contributed by atoms with van der Waals surface area (Å²) in [6.07, 6.45) is 2.64. The predicted molar refractivity (Wildman–Crippen MR) is 111 cm³/mol.